The van der Waals surface area contributed by atoms with Gasteiger partial charge in [0.15, 0.2) is 0 Å². The molecule has 1 aromatic carbocycles. The maximum absolute atomic E-state index is 13.5. The van der Waals surface area contributed by atoms with Gasteiger partial charge in [0.1, 0.15) is 11.9 Å². The molecule has 4 rings (SSSR count). The first-order chi connectivity index (χ1) is 14.2. The summed E-state index contributed by atoms with van der Waals surface area (Å²) in [5, 5.41) is 9.80. The minimum atomic E-state index is -0.432. The molecule has 1 aliphatic rings. The Morgan fingerprint density at radius 1 is 1.21 bits per heavy atom. The normalized spacial score (nSPS) is 16.6. The predicted octanol–water partition coefficient (Wildman–Crippen LogP) is 2.22. The van der Waals surface area contributed by atoms with Gasteiger partial charge in [-0.1, -0.05) is 0 Å². The molecule has 1 aliphatic heterocycles. The number of aromatic nitrogens is 3. The molecule has 1 unspecified atom stereocenters. The summed E-state index contributed by atoms with van der Waals surface area (Å²) in [6, 6.07) is 9.72. The van der Waals surface area contributed by atoms with Crippen molar-refractivity contribution in [3.63, 3.8) is 0 Å². The molecule has 0 radical (unpaired) electrons. The molecule has 7 nitrogen and oxygen atoms in total. The predicted molar refractivity (Wildman–Crippen MR) is 107 cm³/mol. The SMILES string of the molecule is CCOC(=O)C1CN(n2ncc(-c3ccncc3)c2-c2ccc(F)cc2)CCN1. The number of carbonyl (C=O) groups excluding carboxylic acids is 1. The molecule has 1 fully saturated rings. The van der Waals surface area contributed by atoms with Gasteiger partial charge in [-0.2, -0.15) is 9.89 Å². The second kappa shape index (κ2) is 8.40. The van der Waals surface area contributed by atoms with Crippen LogP contribution >= 0.6 is 0 Å². The largest absolute Gasteiger partial charge is 0.465 e. The van der Waals surface area contributed by atoms with E-state index in [-0.39, 0.29) is 11.8 Å². The van der Waals surface area contributed by atoms with E-state index >= 15 is 0 Å². The Morgan fingerprint density at radius 3 is 2.69 bits per heavy atom. The van der Waals surface area contributed by atoms with Gasteiger partial charge in [0.25, 0.3) is 0 Å². The van der Waals surface area contributed by atoms with Crippen LogP contribution < -0.4 is 10.3 Å². The molecule has 0 spiro atoms. The number of esters is 1. The number of nitrogens with one attached hydrogen (secondary N) is 1. The number of piperazine rings is 1. The second-order valence-corrected chi connectivity index (χ2v) is 6.71. The fourth-order valence-corrected chi connectivity index (χ4v) is 3.48. The number of nitrogens with zero attached hydrogens (tertiary/aromatic N) is 4. The smallest absolute Gasteiger partial charge is 0.325 e. The highest BCUT2D eigenvalue weighted by Gasteiger charge is 2.29. The van der Waals surface area contributed by atoms with Crippen LogP contribution in [0.4, 0.5) is 4.39 Å². The third kappa shape index (κ3) is 3.97. The first kappa shape index (κ1) is 19.1. The van der Waals surface area contributed by atoms with Crippen molar-refractivity contribution in [1.29, 1.82) is 0 Å². The lowest BCUT2D eigenvalue weighted by Crippen LogP contribution is -2.58. The monoisotopic (exact) mass is 395 g/mol. The molecule has 1 atom stereocenters. The number of benzene rings is 1. The van der Waals surface area contributed by atoms with Gasteiger partial charge in [0, 0.05) is 36.6 Å². The molecule has 3 heterocycles. The van der Waals surface area contributed by atoms with Crippen molar-refractivity contribution in [2.45, 2.75) is 13.0 Å². The quantitative estimate of drug-likeness (QED) is 0.668. The van der Waals surface area contributed by atoms with E-state index in [0.29, 0.717) is 26.2 Å². The molecule has 0 bridgehead atoms. The fraction of sp³-hybridized carbons (Fsp3) is 0.286. The van der Waals surface area contributed by atoms with Crippen molar-refractivity contribution in [2.24, 2.45) is 0 Å². The summed E-state index contributed by atoms with van der Waals surface area (Å²) in [6.07, 6.45) is 5.24. The first-order valence-electron chi connectivity index (χ1n) is 9.57. The Labute approximate surface area is 168 Å². The van der Waals surface area contributed by atoms with Gasteiger partial charge >= 0.3 is 5.97 Å². The Balaban J connectivity index is 1.74. The Hall–Kier alpha value is -3.26. The average Bonchev–Trinajstić information content (AvgIpc) is 3.20. The average molecular weight is 395 g/mol. The summed E-state index contributed by atoms with van der Waals surface area (Å²) in [7, 11) is 0. The Bertz CT molecular complexity index is 974. The van der Waals surface area contributed by atoms with E-state index in [9.17, 15) is 9.18 Å². The number of hydrogen-bond donors (Lipinski definition) is 1. The summed E-state index contributed by atoms with van der Waals surface area (Å²) in [5.41, 5.74) is 3.54. The van der Waals surface area contributed by atoms with Crippen molar-refractivity contribution in [2.75, 3.05) is 31.3 Å². The van der Waals surface area contributed by atoms with Gasteiger partial charge in [-0.3, -0.25) is 14.8 Å². The van der Waals surface area contributed by atoms with E-state index in [1.165, 1.54) is 12.1 Å². The van der Waals surface area contributed by atoms with E-state index < -0.39 is 6.04 Å². The van der Waals surface area contributed by atoms with Crippen molar-refractivity contribution in [3.8, 4) is 22.4 Å². The zero-order valence-corrected chi connectivity index (χ0v) is 16.1. The van der Waals surface area contributed by atoms with Gasteiger partial charge in [-0.15, -0.1) is 0 Å². The molecule has 29 heavy (non-hydrogen) atoms. The molecular formula is C21H22FN5O2. The van der Waals surface area contributed by atoms with Crippen LogP contribution in [0.1, 0.15) is 6.92 Å². The molecule has 1 saturated heterocycles. The van der Waals surface area contributed by atoms with E-state index in [1.54, 1.807) is 42.4 Å². The van der Waals surface area contributed by atoms with Crippen LogP contribution in [-0.4, -0.2) is 53.1 Å². The molecule has 0 aliphatic carbocycles. The maximum Gasteiger partial charge on any atom is 0.325 e. The van der Waals surface area contributed by atoms with Crippen LogP contribution in [0.15, 0.2) is 55.0 Å². The third-order valence-electron chi connectivity index (χ3n) is 4.85. The highest BCUT2D eigenvalue weighted by Crippen LogP contribution is 2.32. The number of halogens is 1. The van der Waals surface area contributed by atoms with Gasteiger partial charge in [-0.05, 0) is 48.9 Å². The van der Waals surface area contributed by atoms with Gasteiger partial charge in [-0.25, -0.2) is 4.39 Å². The van der Waals surface area contributed by atoms with Gasteiger partial charge in [0.05, 0.1) is 25.0 Å². The molecule has 150 valence electrons. The number of hydrogen-bond acceptors (Lipinski definition) is 6. The molecule has 2 aromatic heterocycles. The molecule has 8 heteroatoms. The van der Waals surface area contributed by atoms with E-state index in [4.69, 9.17) is 4.74 Å². The molecule has 3 aromatic rings. The third-order valence-corrected chi connectivity index (χ3v) is 4.85. The number of pyridine rings is 1. The number of carbonyl (C=O) groups is 1. The van der Waals surface area contributed by atoms with E-state index in [1.807, 2.05) is 17.1 Å². The van der Waals surface area contributed by atoms with Crippen LogP contribution in [0, 0.1) is 5.82 Å². The summed E-state index contributed by atoms with van der Waals surface area (Å²) in [5.74, 6) is -0.572. The van der Waals surface area contributed by atoms with E-state index in [0.717, 1.165) is 22.4 Å². The summed E-state index contributed by atoms with van der Waals surface area (Å²) in [4.78, 5) is 18.1. The van der Waals surface area contributed by atoms with Crippen molar-refractivity contribution in [1.82, 2.24) is 20.2 Å². The number of rotatable bonds is 5. The van der Waals surface area contributed by atoms with Crippen LogP contribution in [0.3, 0.4) is 0 Å². The molecular weight excluding hydrogens is 373 g/mol. The standard InChI is InChI=1S/C21H22FN5O2/c1-2-29-21(28)19-14-26(12-11-24-19)27-20(16-3-5-17(22)6-4-16)18(13-25-27)15-7-9-23-10-8-15/h3-10,13,19,24H,2,11-12,14H2,1H3. The zero-order chi connectivity index (χ0) is 20.2. The lowest BCUT2D eigenvalue weighted by atomic mass is 10.0. The van der Waals surface area contributed by atoms with Gasteiger partial charge in [0.2, 0.25) is 0 Å². The van der Waals surface area contributed by atoms with Crippen molar-refractivity contribution in [3.05, 3.63) is 60.8 Å². The zero-order valence-electron chi connectivity index (χ0n) is 16.1. The highest BCUT2D eigenvalue weighted by atomic mass is 19.1. The summed E-state index contributed by atoms with van der Waals surface area (Å²) in [6.45, 7) is 3.84. The lowest BCUT2D eigenvalue weighted by Gasteiger charge is -2.34. The minimum Gasteiger partial charge on any atom is -0.465 e. The maximum atomic E-state index is 13.5. The Kier molecular flexibility index (Phi) is 5.53. The van der Waals surface area contributed by atoms with Crippen LogP contribution in [0.5, 0.6) is 0 Å². The molecule has 0 saturated carbocycles. The molecule has 1 N–H and O–H groups in total. The summed E-state index contributed by atoms with van der Waals surface area (Å²) < 4.78 is 18.7. The lowest BCUT2D eigenvalue weighted by molar-refractivity contribution is -0.145. The van der Waals surface area contributed by atoms with Crippen molar-refractivity contribution >= 4 is 5.97 Å². The minimum absolute atomic E-state index is 0.276. The highest BCUT2D eigenvalue weighted by molar-refractivity contribution is 5.81. The number of ether oxygens (including phenoxy) is 1. The first-order valence-corrected chi connectivity index (χ1v) is 9.57. The fourth-order valence-electron chi connectivity index (χ4n) is 3.48. The topological polar surface area (TPSA) is 72.3 Å². The van der Waals surface area contributed by atoms with Crippen LogP contribution in [-0.2, 0) is 9.53 Å². The second-order valence-electron chi connectivity index (χ2n) is 6.71. The Morgan fingerprint density at radius 2 is 1.97 bits per heavy atom. The van der Waals surface area contributed by atoms with Crippen molar-refractivity contribution < 1.29 is 13.9 Å². The van der Waals surface area contributed by atoms with Crippen LogP contribution in [0.2, 0.25) is 0 Å². The van der Waals surface area contributed by atoms with E-state index in [2.05, 4.69) is 15.4 Å². The van der Waals surface area contributed by atoms with Crippen LogP contribution in [0.25, 0.3) is 22.4 Å². The van der Waals surface area contributed by atoms with Gasteiger partial charge < -0.3 is 10.1 Å². The summed E-state index contributed by atoms with van der Waals surface area (Å²) >= 11 is 0. The molecule has 0 amide bonds.